The van der Waals surface area contributed by atoms with Crippen LogP contribution in [0.3, 0.4) is 0 Å². The van der Waals surface area contributed by atoms with E-state index in [-0.39, 0.29) is 23.0 Å². The van der Waals surface area contributed by atoms with E-state index in [2.05, 4.69) is 0 Å². The van der Waals surface area contributed by atoms with Crippen LogP contribution in [0.1, 0.15) is 38.2 Å². The monoisotopic (exact) mass is 300 g/mol. The fourth-order valence-electron chi connectivity index (χ4n) is 2.82. The molecule has 2 N–H and O–H groups in total. The number of nitrogens with two attached hydrogens (primary N) is 1. The molecule has 1 aromatic rings. The molecule has 0 amide bonds. The van der Waals surface area contributed by atoms with Gasteiger partial charge in [-0.3, -0.25) is 0 Å². The van der Waals surface area contributed by atoms with Gasteiger partial charge in [0.1, 0.15) is 5.82 Å². The average Bonchev–Trinajstić information content (AvgIpc) is 2.93. The van der Waals surface area contributed by atoms with Crippen molar-refractivity contribution in [1.29, 1.82) is 0 Å². The van der Waals surface area contributed by atoms with E-state index in [9.17, 15) is 12.8 Å². The van der Waals surface area contributed by atoms with Crippen molar-refractivity contribution < 1.29 is 12.8 Å². The van der Waals surface area contributed by atoms with Gasteiger partial charge in [0, 0.05) is 24.7 Å². The third-order valence-electron chi connectivity index (χ3n) is 3.89. The first-order valence-electron chi connectivity index (χ1n) is 7.01. The predicted octanol–water partition coefficient (Wildman–Crippen LogP) is 2.24. The van der Waals surface area contributed by atoms with Gasteiger partial charge in [-0.1, -0.05) is 19.8 Å². The maximum Gasteiger partial charge on any atom is 0.243 e. The van der Waals surface area contributed by atoms with E-state index in [1.807, 2.05) is 6.92 Å². The van der Waals surface area contributed by atoms with Crippen LogP contribution in [0.15, 0.2) is 23.1 Å². The standard InChI is InChI=1S/C14H21FN2O2S/c1-2-17(12-5-3-4-6-12)20(18,19)13-7-8-14(15)11(9-13)10-16/h7-9,12H,2-6,10,16H2,1H3. The van der Waals surface area contributed by atoms with Crippen LogP contribution in [0.4, 0.5) is 4.39 Å². The Bertz CT molecular complexity index is 569. The smallest absolute Gasteiger partial charge is 0.243 e. The molecular weight excluding hydrogens is 279 g/mol. The second kappa shape index (κ2) is 6.20. The first-order chi connectivity index (χ1) is 9.50. The van der Waals surface area contributed by atoms with Gasteiger partial charge in [0.15, 0.2) is 0 Å². The highest BCUT2D eigenvalue weighted by atomic mass is 32.2. The van der Waals surface area contributed by atoms with Gasteiger partial charge in [0.05, 0.1) is 4.90 Å². The topological polar surface area (TPSA) is 63.4 Å². The Morgan fingerprint density at radius 2 is 2.00 bits per heavy atom. The quantitative estimate of drug-likeness (QED) is 0.907. The molecule has 20 heavy (non-hydrogen) atoms. The van der Waals surface area contributed by atoms with Crippen LogP contribution in [0, 0.1) is 5.82 Å². The molecule has 0 unspecified atom stereocenters. The molecule has 0 aromatic heterocycles. The van der Waals surface area contributed by atoms with Crippen LogP contribution in [0.25, 0.3) is 0 Å². The summed E-state index contributed by atoms with van der Waals surface area (Å²) in [6.45, 7) is 2.26. The van der Waals surface area contributed by atoms with Crippen molar-refractivity contribution in [2.24, 2.45) is 5.73 Å². The summed E-state index contributed by atoms with van der Waals surface area (Å²) in [7, 11) is -3.57. The van der Waals surface area contributed by atoms with Crippen molar-refractivity contribution in [3.05, 3.63) is 29.6 Å². The van der Waals surface area contributed by atoms with E-state index in [1.54, 1.807) is 0 Å². The van der Waals surface area contributed by atoms with E-state index >= 15 is 0 Å². The molecule has 1 aliphatic rings. The van der Waals surface area contributed by atoms with Gasteiger partial charge >= 0.3 is 0 Å². The van der Waals surface area contributed by atoms with Crippen LogP contribution < -0.4 is 5.73 Å². The summed E-state index contributed by atoms with van der Waals surface area (Å²) >= 11 is 0. The van der Waals surface area contributed by atoms with Gasteiger partial charge in [-0.15, -0.1) is 0 Å². The van der Waals surface area contributed by atoms with E-state index in [1.165, 1.54) is 22.5 Å². The average molecular weight is 300 g/mol. The second-order valence-corrected chi connectivity index (χ2v) is 6.99. The van der Waals surface area contributed by atoms with Crippen LogP contribution in [0.2, 0.25) is 0 Å². The van der Waals surface area contributed by atoms with Gasteiger partial charge in [-0.05, 0) is 31.0 Å². The molecule has 1 aromatic carbocycles. The number of hydrogen-bond acceptors (Lipinski definition) is 3. The highest BCUT2D eigenvalue weighted by molar-refractivity contribution is 7.89. The molecule has 4 nitrogen and oxygen atoms in total. The molecule has 0 saturated heterocycles. The number of rotatable bonds is 5. The lowest BCUT2D eigenvalue weighted by atomic mass is 10.2. The normalized spacial score (nSPS) is 17.0. The maximum absolute atomic E-state index is 13.5. The molecule has 1 fully saturated rings. The third kappa shape index (κ3) is 2.87. The van der Waals surface area contributed by atoms with E-state index in [0.29, 0.717) is 6.54 Å². The van der Waals surface area contributed by atoms with Crippen molar-refractivity contribution in [3.8, 4) is 0 Å². The minimum Gasteiger partial charge on any atom is -0.326 e. The van der Waals surface area contributed by atoms with Gasteiger partial charge < -0.3 is 5.73 Å². The Kier molecular flexibility index (Phi) is 4.78. The first kappa shape index (κ1) is 15.4. The van der Waals surface area contributed by atoms with Crippen LogP contribution >= 0.6 is 0 Å². The van der Waals surface area contributed by atoms with Gasteiger partial charge in [-0.2, -0.15) is 4.31 Å². The summed E-state index contributed by atoms with van der Waals surface area (Å²) in [5.74, 6) is -0.463. The summed E-state index contributed by atoms with van der Waals surface area (Å²) in [6, 6.07) is 3.91. The van der Waals surface area contributed by atoms with E-state index < -0.39 is 15.8 Å². The fourth-order valence-corrected chi connectivity index (χ4v) is 4.57. The Morgan fingerprint density at radius 3 is 2.55 bits per heavy atom. The zero-order chi connectivity index (χ0) is 14.8. The first-order valence-corrected chi connectivity index (χ1v) is 8.45. The van der Waals surface area contributed by atoms with Crippen molar-refractivity contribution in [2.45, 2.75) is 50.1 Å². The minimum atomic E-state index is -3.57. The highest BCUT2D eigenvalue weighted by Crippen LogP contribution is 2.29. The molecule has 112 valence electrons. The number of benzene rings is 1. The van der Waals surface area contributed by atoms with Gasteiger partial charge in [-0.25, -0.2) is 12.8 Å². The summed E-state index contributed by atoms with van der Waals surface area (Å²) in [4.78, 5) is 0.133. The summed E-state index contributed by atoms with van der Waals surface area (Å²) in [5, 5.41) is 0. The molecule has 0 aliphatic heterocycles. The molecule has 1 aliphatic carbocycles. The van der Waals surface area contributed by atoms with Crippen molar-refractivity contribution in [2.75, 3.05) is 6.54 Å². The molecule has 0 spiro atoms. The number of sulfonamides is 1. The van der Waals surface area contributed by atoms with Crippen LogP contribution in [0.5, 0.6) is 0 Å². The lowest BCUT2D eigenvalue weighted by molar-refractivity contribution is 0.335. The lowest BCUT2D eigenvalue weighted by Gasteiger charge is -2.27. The molecule has 0 radical (unpaired) electrons. The molecule has 6 heteroatoms. The highest BCUT2D eigenvalue weighted by Gasteiger charge is 2.32. The molecular formula is C14H21FN2O2S. The second-order valence-electron chi connectivity index (χ2n) is 5.10. The summed E-state index contributed by atoms with van der Waals surface area (Å²) in [6.07, 6.45) is 3.93. The minimum absolute atomic E-state index is 0.00918. The van der Waals surface area contributed by atoms with Gasteiger partial charge in [0.25, 0.3) is 0 Å². The molecule has 2 rings (SSSR count). The largest absolute Gasteiger partial charge is 0.326 e. The fraction of sp³-hybridized carbons (Fsp3) is 0.571. The van der Waals surface area contributed by atoms with E-state index in [0.717, 1.165) is 25.7 Å². The Labute approximate surface area is 119 Å². The van der Waals surface area contributed by atoms with Crippen LogP contribution in [-0.2, 0) is 16.6 Å². The SMILES string of the molecule is CCN(C1CCCC1)S(=O)(=O)c1ccc(F)c(CN)c1. The maximum atomic E-state index is 13.5. The van der Waals surface area contributed by atoms with Crippen molar-refractivity contribution in [1.82, 2.24) is 4.31 Å². The van der Waals surface area contributed by atoms with E-state index in [4.69, 9.17) is 5.73 Å². The number of nitrogens with zero attached hydrogens (tertiary/aromatic N) is 1. The predicted molar refractivity (Wildman–Crippen MR) is 76.1 cm³/mol. The Hall–Kier alpha value is -0.980. The Morgan fingerprint density at radius 1 is 1.35 bits per heavy atom. The molecule has 1 saturated carbocycles. The zero-order valence-corrected chi connectivity index (χ0v) is 12.5. The van der Waals surface area contributed by atoms with Crippen LogP contribution in [-0.4, -0.2) is 25.3 Å². The summed E-state index contributed by atoms with van der Waals surface area (Å²) < 4.78 is 40.4. The molecule has 0 atom stereocenters. The van der Waals surface area contributed by atoms with Gasteiger partial charge in [0.2, 0.25) is 10.0 Å². The third-order valence-corrected chi connectivity index (χ3v) is 5.91. The Balaban J connectivity index is 2.37. The molecule has 0 heterocycles. The molecule has 0 bridgehead atoms. The zero-order valence-electron chi connectivity index (χ0n) is 11.7. The van der Waals surface area contributed by atoms with Crippen molar-refractivity contribution >= 4 is 10.0 Å². The summed E-state index contributed by atoms with van der Waals surface area (Å²) in [5.41, 5.74) is 5.68. The number of hydrogen-bond donors (Lipinski definition) is 1. The van der Waals surface area contributed by atoms with Crippen molar-refractivity contribution in [3.63, 3.8) is 0 Å². The number of halogens is 1. The lowest BCUT2D eigenvalue weighted by Crippen LogP contribution is -2.38.